The topological polar surface area (TPSA) is 90.3 Å². The zero-order valence-corrected chi connectivity index (χ0v) is 19.1. The lowest BCUT2D eigenvalue weighted by atomic mass is 10.2. The van der Waals surface area contributed by atoms with Gasteiger partial charge < -0.3 is 10.1 Å². The Morgan fingerprint density at radius 1 is 1.16 bits per heavy atom. The summed E-state index contributed by atoms with van der Waals surface area (Å²) in [6, 6.07) is 15.3. The van der Waals surface area contributed by atoms with Crippen molar-refractivity contribution in [3.8, 4) is 5.69 Å². The van der Waals surface area contributed by atoms with Gasteiger partial charge in [0, 0.05) is 0 Å². The molecule has 2 aromatic carbocycles. The van der Waals surface area contributed by atoms with Gasteiger partial charge in [0.05, 0.1) is 40.3 Å². The van der Waals surface area contributed by atoms with Crippen molar-refractivity contribution in [1.29, 1.82) is 0 Å². The monoisotopic (exact) mass is 485 g/mol. The van der Waals surface area contributed by atoms with Gasteiger partial charge in [-0.3, -0.25) is 14.2 Å². The Bertz CT molecular complexity index is 1380. The Kier molecular flexibility index (Phi) is 6.59. The van der Waals surface area contributed by atoms with Gasteiger partial charge in [-0.1, -0.05) is 47.6 Å². The average Bonchev–Trinajstić information content (AvgIpc) is 3.27. The first kappa shape index (κ1) is 22.1. The zero-order chi connectivity index (χ0) is 22.7. The number of anilines is 1. The van der Waals surface area contributed by atoms with Gasteiger partial charge in [-0.25, -0.2) is 9.78 Å². The van der Waals surface area contributed by atoms with E-state index in [0.717, 1.165) is 11.8 Å². The summed E-state index contributed by atoms with van der Waals surface area (Å²) in [5.41, 5.74) is 1.38. The number of amides is 1. The molecule has 7 nitrogen and oxygen atoms in total. The summed E-state index contributed by atoms with van der Waals surface area (Å²) in [6.45, 7) is 0. The van der Waals surface area contributed by atoms with E-state index in [-0.39, 0.29) is 22.8 Å². The van der Waals surface area contributed by atoms with Gasteiger partial charge in [-0.05, 0) is 35.7 Å². The largest absolute Gasteiger partial charge is 0.465 e. The predicted molar refractivity (Wildman–Crippen MR) is 127 cm³/mol. The van der Waals surface area contributed by atoms with Crippen molar-refractivity contribution in [2.45, 2.75) is 5.16 Å². The zero-order valence-electron chi connectivity index (χ0n) is 16.7. The quantitative estimate of drug-likeness (QED) is 0.243. The lowest BCUT2D eigenvalue weighted by Crippen LogP contribution is -2.22. The molecule has 10 heteroatoms. The van der Waals surface area contributed by atoms with Gasteiger partial charge in [0.15, 0.2) is 5.16 Å². The van der Waals surface area contributed by atoms with Crippen molar-refractivity contribution >= 4 is 62.5 Å². The molecule has 4 rings (SSSR count). The average molecular weight is 486 g/mol. The third-order valence-electron chi connectivity index (χ3n) is 4.48. The molecular weight excluding hydrogens is 470 g/mol. The van der Waals surface area contributed by atoms with Crippen LogP contribution in [0, 0.1) is 0 Å². The van der Waals surface area contributed by atoms with Crippen LogP contribution in [0.3, 0.4) is 0 Å². The number of benzene rings is 2. The van der Waals surface area contributed by atoms with E-state index in [1.54, 1.807) is 60.0 Å². The first-order valence-corrected chi connectivity index (χ1v) is 11.6. The van der Waals surface area contributed by atoms with E-state index >= 15 is 0 Å². The van der Waals surface area contributed by atoms with Gasteiger partial charge in [0.1, 0.15) is 4.70 Å². The number of thiophene rings is 1. The first-order valence-electron chi connectivity index (χ1n) is 9.34. The molecule has 0 unspecified atom stereocenters. The van der Waals surface area contributed by atoms with Crippen molar-refractivity contribution in [2.24, 2.45) is 0 Å². The van der Waals surface area contributed by atoms with Crippen LogP contribution < -0.4 is 10.9 Å². The summed E-state index contributed by atoms with van der Waals surface area (Å²) in [5.74, 6) is -0.954. The number of rotatable bonds is 6. The van der Waals surface area contributed by atoms with Crippen LogP contribution in [-0.4, -0.2) is 34.3 Å². The molecule has 0 aliphatic heterocycles. The fourth-order valence-electron chi connectivity index (χ4n) is 3.03. The second-order valence-electron chi connectivity index (χ2n) is 6.50. The normalized spacial score (nSPS) is 10.8. The molecule has 1 N–H and O–H groups in total. The van der Waals surface area contributed by atoms with Crippen LogP contribution in [0.25, 0.3) is 15.9 Å². The van der Waals surface area contributed by atoms with Gasteiger partial charge in [-0.15, -0.1) is 11.3 Å². The summed E-state index contributed by atoms with van der Waals surface area (Å²) < 4.78 is 6.68. The fourth-order valence-corrected chi connectivity index (χ4v) is 4.82. The number of para-hydroxylation sites is 2. The van der Waals surface area contributed by atoms with E-state index in [4.69, 9.17) is 16.3 Å². The number of nitrogens with zero attached hydrogens (tertiary/aromatic N) is 2. The number of ether oxygens (including phenoxy) is 1. The fraction of sp³-hybridized carbons (Fsp3) is 0.0909. The van der Waals surface area contributed by atoms with Gasteiger partial charge in [0.2, 0.25) is 5.91 Å². The summed E-state index contributed by atoms with van der Waals surface area (Å²) in [4.78, 5) is 42.3. The first-order chi connectivity index (χ1) is 15.5. The molecule has 0 radical (unpaired) electrons. The minimum Gasteiger partial charge on any atom is -0.465 e. The second-order valence-corrected chi connectivity index (χ2v) is 8.76. The molecule has 0 aliphatic carbocycles. The smallest absolute Gasteiger partial charge is 0.339 e. The highest BCUT2D eigenvalue weighted by molar-refractivity contribution is 7.99. The highest BCUT2D eigenvalue weighted by Crippen LogP contribution is 2.27. The maximum absolute atomic E-state index is 13.2. The number of carbonyl (C=O) groups is 2. The lowest BCUT2D eigenvalue weighted by molar-refractivity contribution is -0.113. The molecule has 0 saturated heterocycles. The summed E-state index contributed by atoms with van der Waals surface area (Å²) >= 11 is 8.74. The Labute approximate surface area is 196 Å². The van der Waals surface area contributed by atoms with Crippen molar-refractivity contribution in [3.05, 3.63) is 80.9 Å². The maximum atomic E-state index is 13.2. The molecular formula is C22H16ClN3O4S2. The van der Waals surface area contributed by atoms with Crippen LogP contribution in [0.15, 0.2) is 69.9 Å². The van der Waals surface area contributed by atoms with Crippen LogP contribution in [0.4, 0.5) is 5.69 Å². The molecule has 32 heavy (non-hydrogen) atoms. The van der Waals surface area contributed by atoms with E-state index in [9.17, 15) is 14.4 Å². The number of esters is 1. The molecule has 2 aromatic heterocycles. The van der Waals surface area contributed by atoms with E-state index < -0.39 is 5.97 Å². The van der Waals surface area contributed by atoms with Crippen LogP contribution in [0.5, 0.6) is 0 Å². The molecule has 0 bridgehead atoms. The molecule has 0 fully saturated rings. The summed E-state index contributed by atoms with van der Waals surface area (Å²) in [5, 5.41) is 5.24. The molecule has 0 saturated carbocycles. The van der Waals surface area contributed by atoms with E-state index in [2.05, 4.69) is 10.3 Å². The van der Waals surface area contributed by atoms with Gasteiger partial charge in [0.25, 0.3) is 5.56 Å². The van der Waals surface area contributed by atoms with Crippen molar-refractivity contribution < 1.29 is 14.3 Å². The van der Waals surface area contributed by atoms with Crippen molar-refractivity contribution in [2.75, 3.05) is 18.2 Å². The number of aromatic nitrogens is 2. The Morgan fingerprint density at radius 2 is 1.91 bits per heavy atom. The number of thioether (sulfide) groups is 1. The Balaban J connectivity index is 1.64. The Hall–Kier alpha value is -3.14. The molecule has 162 valence electrons. The maximum Gasteiger partial charge on any atom is 0.339 e. The van der Waals surface area contributed by atoms with Gasteiger partial charge >= 0.3 is 5.97 Å². The number of hydrogen-bond acceptors (Lipinski definition) is 7. The summed E-state index contributed by atoms with van der Waals surface area (Å²) in [7, 11) is 1.27. The number of halogens is 1. The molecule has 2 heterocycles. The highest BCUT2D eigenvalue weighted by Gasteiger charge is 2.18. The van der Waals surface area contributed by atoms with Crippen molar-refractivity contribution in [3.63, 3.8) is 0 Å². The number of hydrogen-bond donors (Lipinski definition) is 1. The Morgan fingerprint density at radius 3 is 2.69 bits per heavy atom. The number of methoxy groups -OCH3 is 1. The summed E-state index contributed by atoms with van der Waals surface area (Å²) in [6.07, 6.45) is 0. The minimum absolute atomic E-state index is 0.0396. The molecule has 0 aliphatic rings. The predicted octanol–water partition coefficient (Wildman–Crippen LogP) is 4.62. The highest BCUT2D eigenvalue weighted by atomic mass is 35.5. The number of carbonyl (C=O) groups excluding carboxylic acids is 2. The lowest BCUT2D eigenvalue weighted by Gasteiger charge is -2.13. The van der Waals surface area contributed by atoms with Crippen LogP contribution in [0.1, 0.15) is 10.4 Å². The number of fused-ring (bicyclic) bond motifs is 1. The van der Waals surface area contributed by atoms with Crippen LogP contribution in [-0.2, 0) is 9.53 Å². The molecule has 0 atom stereocenters. The minimum atomic E-state index is -0.550. The third-order valence-corrected chi connectivity index (χ3v) is 6.63. The standard InChI is InChI=1S/C22H16ClN3O4S2/c1-30-21(29)13-6-2-4-8-15(13)24-18(27)12-32-22-25-16-10-11-31-19(16)20(28)26(22)17-9-5-3-7-14(17)23/h2-11H,12H2,1H3,(H,24,27). The van der Waals surface area contributed by atoms with Crippen LogP contribution >= 0.6 is 34.7 Å². The van der Waals surface area contributed by atoms with Gasteiger partial charge in [-0.2, -0.15) is 0 Å². The van der Waals surface area contributed by atoms with Crippen LogP contribution in [0.2, 0.25) is 5.02 Å². The second kappa shape index (κ2) is 9.56. The molecule has 4 aromatic rings. The van der Waals surface area contributed by atoms with E-state index in [1.807, 2.05) is 0 Å². The van der Waals surface area contributed by atoms with Crippen molar-refractivity contribution in [1.82, 2.24) is 9.55 Å². The van der Waals surface area contributed by atoms with E-state index in [1.165, 1.54) is 23.0 Å². The molecule has 0 spiro atoms. The third kappa shape index (κ3) is 4.40. The SMILES string of the molecule is COC(=O)c1ccccc1NC(=O)CSc1nc2ccsc2c(=O)n1-c1ccccc1Cl. The molecule has 1 amide bonds. The van der Waals surface area contributed by atoms with E-state index in [0.29, 0.717) is 31.8 Å². The number of nitrogens with one attached hydrogen (secondary N) is 1.